The zero-order valence-corrected chi connectivity index (χ0v) is 16.5. The van der Waals surface area contributed by atoms with Crippen molar-refractivity contribution in [1.29, 1.82) is 0 Å². The Morgan fingerprint density at radius 1 is 1.22 bits per heavy atom. The Kier molecular flexibility index (Phi) is 6.60. The van der Waals surface area contributed by atoms with E-state index in [2.05, 4.69) is 10.2 Å². The molecule has 1 unspecified atom stereocenters. The van der Waals surface area contributed by atoms with E-state index in [1.807, 2.05) is 0 Å². The SMILES string of the molecule is O=C(NC(CO)C(F)(F)F)c1cc(-c2ccc(Cl)cc2)nn(-c2cnn(C(F)F)c2)c1=O. The van der Waals surface area contributed by atoms with E-state index in [-0.39, 0.29) is 16.1 Å². The molecule has 0 aliphatic rings. The van der Waals surface area contributed by atoms with E-state index in [1.54, 1.807) is 0 Å². The molecule has 2 N–H and O–H groups in total. The van der Waals surface area contributed by atoms with Gasteiger partial charge in [-0.15, -0.1) is 0 Å². The van der Waals surface area contributed by atoms with Gasteiger partial charge in [0.2, 0.25) is 0 Å². The first-order valence-corrected chi connectivity index (χ1v) is 9.10. The van der Waals surface area contributed by atoms with Crippen LogP contribution in [0.3, 0.4) is 0 Å². The number of carbonyl (C=O) groups excluding carboxylic acids is 1. The number of nitrogens with one attached hydrogen (secondary N) is 1. The molecule has 32 heavy (non-hydrogen) atoms. The smallest absolute Gasteiger partial charge is 0.394 e. The Balaban J connectivity index is 2.15. The van der Waals surface area contributed by atoms with Gasteiger partial charge in [-0.2, -0.15) is 36.8 Å². The molecule has 8 nitrogen and oxygen atoms in total. The number of alkyl halides is 5. The Labute approximate surface area is 180 Å². The maximum atomic E-state index is 12.9. The second kappa shape index (κ2) is 9.04. The van der Waals surface area contributed by atoms with Gasteiger partial charge in [-0.25, -0.2) is 4.68 Å². The van der Waals surface area contributed by atoms with Crippen LogP contribution in [0, 0.1) is 0 Å². The summed E-state index contributed by atoms with van der Waals surface area (Å²) in [6.45, 7) is -4.49. The van der Waals surface area contributed by atoms with Gasteiger partial charge in [-0.05, 0) is 18.2 Å². The highest BCUT2D eigenvalue weighted by molar-refractivity contribution is 6.30. The normalized spacial score (nSPS) is 12.8. The number of halogens is 6. The molecular weight excluding hydrogens is 465 g/mol. The fraction of sp³-hybridized carbons (Fsp3) is 0.222. The highest BCUT2D eigenvalue weighted by Crippen LogP contribution is 2.22. The van der Waals surface area contributed by atoms with Gasteiger partial charge >= 0.3 is 12.7 Å². The van der Waals surface area contributed by atoms with E-state index in [1.165, 1.54) is 29.6 Å². The Bertz CT molecular complexity index is 1180. The third-order valence-corrected chi connectivity index (χ3v) is 4.46. The largest absolute Gasteiger partial charge is 0.410 e. The van der Waals surface area contributed by atoms with Gasteiger partial charge in [0.25, 0.3) is 11.5 Å². The number of rotatable bonds is 6. The summed E-state index contributed by atoms with van der Waals surface area (Å²) in [7, 11) is 0. The van der Waals surface area contributed by atoms with Crippen LogP contribution >= 0.6 is 11.6 Å². The van der Waals surface area contributed by atoms with Gasteiger partial charge in [0, 0.05) is 10.6 Å². The number of aromatic nitrogens is 4. The zero-order chi connectivity index (χ0) is 23.6. The standard InChI is InChI=1S/C18H13ClF5N5O3/c19-10-3-1-9(2-4-10)13-5-12(15(31)26-14(8-30)18(22,23)24)16(32)29(27-13)11-6-25-28(7-11)17(20)21/h1-7,14,17,30H,8H2,(H,26,31). The number of carbonyl (C=O) groups is 1. The highest BCUT2D eigenvalue weighted by Gasteiger charge is 2.40. The molecule has 1 aromatic carbocycles. The number of hydrogen-bond donors (Lipinski definition) is 2. The van der Waals surface area contributed by atoms with E-state index >= 15 is 0 Å². The molecule has 3 aromatic rings. The van der Waals surface area contributed by atoms with Crippen molar-refractivity contribution in [1.82, 2.24) is 24.9 Å². The molecule has 0 aliphatic heterocycles. The minimum absolute atomic E-state index is 0.0382. The second-order valence-corrected chi connectivity index (χ2v) is 6.81. The third-order valence-electron chi connectivity index (χ3n) is 4.21. The van der Waals surface area contributed by atoms with Gasteiger partial charge in [0.05, 0.1) is 24.7 Å². The van der Waals surface area contributed by atoms with Crippen LogP contribution in [0.15, 0.2) is 47.5 Å². The lowest BCUT2D eigenvalue weighted by atomic mass is 10.1. The van der Waals surface area contributed by atoms with Gasteiger partial charge in [-0.1, -0.05) is 23.7 Å². The molecule has 2 aromatic heterocycles. The quantitative estimate of drug-likeness (QED) is 0.532. The molecule has 0 bridgehead atoms. The molecule has 0 fully saturated rings. The molecular formula is C18H13ClF5N5O3. The molecule has 1 atom stereocenters. The fourth-order valence-corrected chi connectivity index (χ4v) is 2.73. The van der Waals surface area contributed by atoms with Crippen LogP contribution in [0.1, 0.15) is 16.9 Å². The van der Waals surface area contributed by atoms with Gasteiger partial charge in [0.15, 0.2) is 0 Å². The lowest BCUT2D eigenvalue weighted by Crippen LogP contribution is -2.49. The molecule has 2 heterocycles. The summed E-state index contributed by atoms with van der Waals surface area (Å²) in [6, 6.07) is 4.19. The van der Waals surface area contributed by atoms with Gasteiger partial charge in [-0.3, -0.25) is 9.59 Å². The van der Waals surface area contributed by atoms with Gasteiger partial charge in [0.1, 0.15) is 17.3 Å². The summed E-state index contributed by atoms with van der Waals surface area (Å²) in [4.78, 5) is 25.3. The molecule has 0 saturated carbocycles. The van der Waals surface area contributed by atoms with Gasteiger partial charge < -0.3 is 10.4 Å². The minimum Gasteiger partial charge on any atom is -0.394 e. The lowest BCUT2D eigenvalue weighted by Gasteiger charge is -2.19. The van der Waals surface area contributed by atoms with E-state index in [4.69, 9.17) is 16.7 Å². The predicted molar refractivity (Wildman–Crippen MR) is 102 cm³/mol. The summed E-state index contributed by atoms with van der Waals surface area (Å²) >= 11 is 5.83. The van der Waals surface area contributed by atoms with E-state index < -0.39 is 42.4 Å². The summed E-state index contributed by atoms with van der Waals surface area (Å²) in [6.07, 6.45) is -3.33. The number of aliphatic hydroxyl groups excluding tert-OH is 1. The van der Waals surface area contributed by atoms with Crippen LogP contribution in [-0.2, 0) is 0 Å². The monoisotopic (exact) mass is 477 g/mol. The van der Waals surface area contributed by atoms with Crippen molar-refractivity contribution < 1.29 is 31.9 Å². The molecule has 0 aliphatic carbocycles. The average molecular weight is 478 g/mol. The molecule has 0 radical (unpaired) electrons. The van der Waals surface area contributed by atoms with Crippen molar-refractivity contribution in [3.8, 4) is 16.9 Å². The first-order chi connectivity index (χ1) is 15.0. The first kappa shape index (κ1) is 23.3. The van der Waals surface area contributed by atoms with Crippen molar-refractivity contribution in [2.24, 2.45) is 0 Å². The maximum absolute atomic E-state index is 12.9. The molecule has 3 rings (SSSR count). The number of amides is 1. The molecule has 170 valence electrons. The van der Waals surface area contributed by atoms with Crippen molar-refractivity contribution in [3.05, 3.63) is 63.7 Å². The Morgan fingerprint density at radius 3 is 2.41 bits per heavy atom. The zero-order valence-electron chi connectivity index (χ0n) is 15.7. The van der Waals surface area contributed by atoms with E-state index in [0.29, 0.717) is 15.3 Å². The molecule has 0 saturated heterocycles. The number of nitrogens with zero attached hydrogens (tertiary/aromatic N) is 4. The summed E-state index contributed by atoms with van der Waals surface area (Å²) in [5, 5.41) is 18.2. The van der Waals surface area contributed by atoms with E-state index in [0.717, 1.165) is 18.5 Å². The molecule has 14 heteroatoms. The fourth-order valence-electron chi connectivity index (χ4n) is 2.61. The first-order valence-electron chi connectivity index (χ1n) is 8.72. The van der Waals surface area contributed by atoms with Crippen LogP contribution in [0.25, 0.3) is 16.9 Å². The highest BCUT2D eigenvalue weighted by atomic mass is 35.5. The topological polar surface area (TPSA) is 102 Å². The van der Waals surface area contributed by atoms with Crippen LogP contribution in [-0.4, -0.2) is 49.4 Å². The van der Waals surface area contributed by atoms with Crippen molar-refractivity contribution in [2.75, 3.05) is 6.61 Å². The van der Waals surface area contributed by atoms with Crippen LogP contribution < -0.4 is 10.9 Å². The van der Waals surface area contributed by atoms with Crippen molar-refractivity contribution in [3.63, 3.8) is 0 Å². The lowest BCUT2D eigenvalue weighted by molar-refractivity contribution is -0.161. The van der Waals surface area contributed by atoms with Crippen molar-refractivity contribution in [2.45, 2.75) is 18.8 Å². The van der Waals surface area contributed by atoms with Crippen LogP contribution in [0.5, 0.6) is 0 Å². The third kappa shape index (κ3) is 4.94. The maximum Gasteiger partial charge on any atom is 0.410 e. The summed E-state index contributed by atoms with van der Waals surface area (Å²) in [5.41, 5.74) is -1.92. The number of benzene rings is 1. The van der Waals surface area contributed by atoms with Crippen molar-refractivity contribution >= 4 is 17.5 Å². The van der Waals surface area contributed by atoms with Crippen LogP contribution in [0.4, 0.5) is 22.0 Å². The summed E-state index contributed by atoms with van der Waals surface area (Å²) in [5.74, 6) is -1.45. The average Bonchev–Trinajstić information content (AvgIpc) is 3.22. The number of aliphatic hydroxyl groups is 1. The predicted octanol–water partition coefficient (Wildman–Crippen LogP) is 2.80. The second-order valence-electron chi connectivity index (χ2n) is 6.37. The van der Waals surface area contributed by atoms with Crippen LogP contribution in [0.2, 0.25) is 5.02 Å². The van der Waals surface area contributed by atoms with E-state index in [9.17, 15) is 31.5 Å². The molecule has 1 amide bonds. The Morgan fingerprint density at radius 2 is 1.88 bits per heavy atom. The minimum atomic E-state index is -4.98. The Hall–Kier alpha value is -3.32. The number of hydrogen-bond acceptors (Lipinski definition) is 5. The molecule has 0 spiro atoms. The summed E-state index contributed by atoms with van der Waals surface area (Å²) < 4.78 is 65.3.